The number of nitrogens with zero attached hydrogens (tertiary/aromatic N) is 1. The Hall–Kier alpha value is -0.910. The quantitative estimate of drug-likeness (QED) is 0.786. The SMILES string of the molecule is COCCC[C@]1(CO)CCCN(C(=O)Cc2cccs2)C1. The van der Waals surface area contributed by atoms with E-state index in [9.17, 15) is 9.90 Å². The van der Waals surface area contributed by atoms with E-state index in [4.69, 9.17) is 4.74 Å². The molecule has 1 aromatic heterocycles. The van der Waals surface area contributed by atoms with Crippen molar-refractivity contribution in [1.82, 2.24) is 4.90 Å². The van der Waals surface area contributed by atoms with Crippen LogP contribution in [0.4, 0.5) is 0 Å². The Labute approximate surface area is 130 Å². The average molecular weight is 311 g/mol. The number of methoxy groups -OCH3 is 1. The van der Waals surface area contributed by atoms with Crippen molar-refractivity contribution in [2.75, 3.05) is 33.4 Å². The third kappa shape index (κ3) is 4.53. The number of likely N-dealkylation sites (tertiary alicyclic amines) is 1. The highest BCUT2D eigenvalue weighted by molar-refractivity contribution is 7.10. The number of piperidine rings is 1. The van der Waals surface area contributed by atoms with Gasteiger partial charge in [-0.25, -0.2) is 0 Å². The normalized spacial score (nSPS) is 22.5. The molecule has 0 saturated carbocycles. The van der Waals surface area contributed by atoms with Crippen molar-refractivity contribution in [3.63, 3.8) is 0 Å². The first kappa shape index (κ1) is 16.5. The molecule has 2 rings (SSSR count). The van der Waals surface area contributed by atoms with Gasteiger partial charge in [0, 0.05) is 37.1 Å². The van der Waals surface area contributed by atoms with Crippen molar-refractivity contribution in [1.29, 1.82) is 0 Å². The van der Waals surface area contributed by atoms with E-state index in [0.29, 0.717) is 19.6 Å². The van der Waals surface area contributed by atoms with Crippen molar-refractivity contribution >= 4 is 17.2 Å². The Balaban J connectivity index is 1.93. The van der Waals surface area contributed by atoms with Crippen molar-refractivity contribution in [3.8, 4) is 0 Å². The van der Waals surface area contributed by atoms with Crippen LogP contribution >= 0.6 is 11.3 Å². The molecule has 0 unspecified atom stereocenters. The summed E-state index contributed by atoms with van der Waals surface area (Å²) in [5.74, 6) is 0.182. The van der Waals surface area contributed by atoms with Crippen molar-refractivity contribution in [2.45, 2.75) is 32.1 Å². The summed E-state index contributed by atoms with van der Waals surface area (Å²) in [7, 11) is 1.70. The second-order valence-corrected chi connectivity index (χ2v) is 6.96. The summed E-state index contributed by atoms with van der Waals surface area (Å²) in [4.78, 5) is 15.5. The summed E-state index contributed by atoms with van der Waals surface area (Å²) >= 11 is 1.62. The minimum absolute atomic E-state index is 0.137. The van der Waals surface area contributed by atoms with Gasteiger partial charge in [-0.05, 0) is 37.1 Å². The van der Waals surface area contributed by atoms with Crippen LogP contribution in [0.15, 0.2) is 17.5 Å². The van der Waals surface area contributed by atoms with Gasteiger partial charge in [0.1, 0.15) is 0 Å². The molecule has 1 N–H and O–H groups in total. The van der Waals surface area contributed by atoms with Gasteiger partial charge in [0.05, 0.1) is 13.0 Å². The summed E-state index contributed by atoms with van der Waals surface area (Å²) in [6.45, 7) is 2.36. The lowest BCUT2D eigenvalue weighted by Crippen LogP contribution is -2.48. The van der Waals surface area contributed by atoms with Crippen LogP contribution in [0.2, 0.25) is 0 Å². The molecule has 118 valence electrons. The molecule has 2 heterocycles. The van der Waals surface area contributed by atoms with Crippen LogP contribution in [0.3, 0.4) is 0 Å². The van der Waals surface area contributed by atoms with Gasteiger partial charge in [0.2, 0.25) is 5.91 Å². The predicted molar refractivity (Wildman–Crippen MR) is 84.5 cm³/mol. The number of amides is 1. The number of thiophene rings is 1. The third-order valence-corrected chi connectivity index (χ3v) is 5.19. The molecule has 1 atom stereocenters. The molecule has 0 aliphatic carbocycles. The predicted octanol–water partition coefficient (Wildman–Crippen LogP) is 2.32. The molecule has 0 spiro atoms. The molecule has 1 aromatic rings. The largest absolute Gasteiger partial charge is 0.396 e. The summed E-state index contributed by atoms with van der Waals surface area (Å²) < 4.78 is 5.11. The zero-order chi connectivity index (χ0) is 15.1. The molecule has 21 heavy (non-hydrogen) atoms. The second-order valence-electron chi connectivity index (χ2n) is 5.93. The molecule has 1 aliphatic rings. The number of aliphatic hydroxyl groups is 1. The topological polar surface area (TPSA) is 49.8 Å². The Kier molecular flexibility index (Phi) is 6.21. The number of carbonyl (C=O) groups is 1. The highest BCUT2D eigenvalue weighted by atomic mass is 32.1. The summed E-state index contributed by atoms with van der Waals surface area (Å²) in [5, 5.41) is 11.8. The van der Waals surface area contributed by atoms with Crippen molar-refractivity contribution in [2.24, 2.45) is 5.41 Å². The smallest absolute Gasteiger partial charge is 0.227 e. The van der Waals surface area contributed by atoms with Gasteiger partial charge in [-0.3, -0.25) is 4.79 Å². The average Bonchev–Trinajstić information content (AvgIpc) is 3.01. The maximum atomic E-state index is 12.4. The number of hydrogen-bond acceptors (Lipinski definition) is 4. The van der Waals surface area contributed by atoms with E-state index in [-0.39, 0.29) is 17.9 Å². The molecular formula is C16H25NO3S. The van der Waals surface area contributed by atoms with Crippen LogP contribution in [0.1, 0.15) is 30.6 Å². The fourth-order valence-corrected chi connectivity index (χ4v) is 3.79. The van der Waals surface area contributed by atoms with Gasteiger partial charge in [-0.2, -0.15) is 0 Å². The molecule has 0 aromatic carbocycles. The fraction of sp³-hybridized carbons (Fsp3) is 0.688. The van der Waals surface area contributed by atoms with Crippen LogP contribution in [0, 0.1) is 5.41 Å². The van der Waals surface area contributed by atoms with Crippen LogP contribution in [-0.4, -0.2) is 49.3 Å². The summed E-state index contributed by atoms with van der Waals surface area (Å²) in [6, 6.07) is 3.98. The third-order valence-electron chi connectivity index (χ3n) is 4.31. The van der Waals surface area contributed by atoms with E-state index in [1.807, 2.05) is 22.4 Å². The first-order valence-electron chi connectivity index (χ1n) is 7.59. The zero-order valence-corrected chi connectivity index (χ0v) is 13.5. The first-order chi connectivity index (χ1) is 10.2. The fourth-order valence-electron chi connectivity index (χ4n) is 3.10. The van der Waals surface area contributed by atoms with Gasteiger partial charge in [-0.15, -0.1) is 11.3 Å². The van der Waals surface area contributed by atoms with Gasteiger partial charge in [0.15, 0.2) is 0 Å². The van der Waals surface area contributed by atoms with E-state index in [2.05, 4.69) is 0 Å². The lowest BCUT2D eigenvalue weighted by molar-refractivity contribution is -0.135. The molecule has 5 heteroatoms. The van der Waals surface area contributed by atoms with Crippen LogP contribution in [0.5, 0.6) is 0 Å². The second kappa shape index (κ2) is 7.92. The number of rotatable bonds is 7. The maximum Gasteiger partial charge on any atom is 0.227 e. The molecule has 0 bridgehead atoms. The molecule has 1 amide bonds. The Morgan fingerprint density at radius 1 is 1.57 bits per heavy atom. The Bertz CT molecular complexity index is 435. The highest BCUT2D eigenvalue weighted by Gasteiger charge is 2.36. The monoisotopic (exact) mass is 311 g/mol. The minimum Gasteiger partial charge on any atom is -0.396 e. The lowest BCUT2D eigenvalue weighted by atomic mass is 9.77. The molecule has 1 saturated heterocycles. The standard InChI is InChI=1S/C16H25NO3S/c1-20-9-4-7-16(13-18)6-3-8-17(12-16)15(19)11-14-5-2-10-21-14/h2,5,10,18H,3-4,6-9,11-13H2,1H3/t16-/m1/s1. The van der Waals surface area contributed by atoms with Gasteiger partial charge >= 0.3 is 0 Å². The zero-order valence-electron chi connectivity index (χ0n) is 12.7. The van der Waals surface area contributed by atoms with Crippen LogP contribution in [-0.2, 0) is 16.0 Å². The van der Waals surface area contributed by atoms with Crippen LogP contribution < -0.4 is 0 Å². The van der Waals surface area contributed by atoms with E-state index in [1.165, 1.54) is 0 Å². The minimum atomic E-state index is -0.137. The van der Waals surface area contributed by atoms with E-state index < -0.39 is 0 Å². The summed E-state index contributed by atoms with van der Waals surface area (Å²) in [6.07, 6.45) is 4.31. The molecule has 4 nitrogen and oxygen atoms in total. The molecule has 1 fully saturated rings. The number of carbonyl (C=O) groups excluding carboxylic acids is 1. The van der Waals surface area contributed by atoms with Gasteiger partial charge in [-0.1, -0.05) is 6.07 Å². The van der Waals surface area contributed by atoms with Crippen molar-refractivity contribution in [3.05, 3.63) is 22.4 Å². The van der Waals surface area contributed by atoms with E-state index in [0.717, 1.165) is 37.1 Å². The highest BCUT2D eigenvalue weighted by Crippen LogP contribution is 2.34. The first-order valence-corrected chi connectivity index (χ1v) is 8.47. The molecular weight excluding hydrogens is 286 g/mol. The number of hydrogen-bond donors (Lipinski definition) is 1. The Morgan fingerprint density at radius 3 is 3.10 bits per heavy atom. The van der Waals surface area contributed by atoms with E-state index >= 15 is 0 Å². The van der Waals surface area contributed by atoms with E-state index in [1.54, 1.807) is 18.4 Å². The Morgan fingerprint density at radius 2 is 2.43 bits per heavy atom. The maximum absolute atomic E-state index is 12.4. The number of aliphatic hydroxyl groups excluding tert-OH is 1. The molecule has 0 radical (unpaired) electrons. The summed E-state index contributed by atoms with van der Waals surface area (Å²) in [5.41, 5.74) is -0.137. The number of ether oxygens (including phenoxy) is 1. The van der Waals surface area contributed by atoms with Crippen LogP contribution in [0.25, 0.3) is 0 Å². The van der Waals surface area contributed by atoms with Gasteiger partial charge in [0.25, 0.3) is 0 Å². The lowest BCUT2D eigenvalue weighted by Gasteiger charge is -2.42. The van der Waals surface area contributed by atoms with Gasteiger partial charge < -0.3 is 14.7 Å². The molecule has 1 aliphatic heterocycles. The van der Waals surface area contributed by atoms with Crippen molar-refractivity contribution < 1.29 is 14.6 Å².